The van der Waals surface area contributed by atoms with Crippen LogP contribution in [0.15, 0.2) is 58.3 Å². The molecule has 0 heterocycles. The van der Waals surface area contributed by atoms with Gasteiger partial charge in [-0.25, -0.2) is 12.7 Å². The number of anilines is 1. The molecule has 0 aromatic heterocycles. The highest BCUT2D eigenvalue weighted by Gasteiger charge is 2.18. The van der Waals surface area contributed by atoms with Crippen LogP contribution >= 0.6 is 11.8 Å². The first-order valence-electron chi connectivity index (χ1n) is 6.40. The molecule has 2 rings (SSSR count). The predicted octanol–water partition coefficient (Wildman–Crippen LogP) is 2.81. The maximum atomic E-state index is 12.0. The first kappa shape index (κ1) is 15.9. The Morgan fingerprint density at radius 1 is 1.10 bits per heavy atom. The lowest BCUT2D eigenvalue weighted by Crippen LogP contribution is -2.22. The van der Waals surface area contributed by atoms with E-state index < -0.39 is 10.0 Å². The van der Waals surface area contributed by atoms with Gasteiger partial charge in [-0.05, 0) is 23.8 Å². The van der Waals surface area contributed by atoms with Crippen LogP contribution in [-0.2, 0) is 15.8 Å². The Bertz CT molecular complexity index is 714. The van der Waals surface area contributed by atoms with E-state index in [1.54, 1.807) is 23.9 Å². The second-order valence-corrected chi connectivity index (χ2v) is 7.93. The van der Waals surface area contributed by atoms with Gasteiger partial charge in [0.05, 0.1) is 4.90 Å². The molecule has 6 heteroatoms. The number of thioether (sulfide) groups is 1. The molecule has 0 bridgehead atoms. The number of nitrogens with zero attached hydrogens (tertiary/aromatic N) is 1. The van der Waals surface area contributed by atoms with Crippen molar-refractivity contribution in [2.24, 2.45) is 0 Å². The summed E-state index contributed by atoms with van der Waals surface area (Å²) in [6.45, 7) is 0. The molecule has 0 fully saturated rings. The van der Waals surface area contributed by atoms with Crippen molar-refractivity contribution in [1.82, 2.24) is 4.31 Å². The number of hydrogen-bond donors (Lipinski definition) is 1. The summed E-state index contributed by atoms with van der Waals surface area (Å²) in [5.41, 5.74) is 7.66. The molecule has 0 spiro atoms. The smallest absolute Gasteiger partial charge is 0.242 e. The average molecular weight is 322 g/mol. The predicted molar refractivity (Wildman–Crippen MR) is 87.7 cm³/mol. The number of sulfonamides is 1. The van der Waals surface area contributed by atoms with E-state index in [1.165, 1.54) is 30.0 Å². The van der Waals surface area contributed by atoms with Gasteiger partial charge in [0.25, 0.3) is 0 Å². The summed E-state index contributed by atoms with van der Waals surface area (Å²) in [6.07, 6.45) is 0. The molecule has 0 radical (unpaired) electrons. The van der Waals surface area contributed by atoms with Crippen molar-refractivity contribution in [2.45, 2.75) is 15.5 Å². The fourth-order valence-corrected chi connectivity index (χ4v) is 3.61. The molecule has 0 aliphatic heterocycles. The zero-order valence-electron chi connectivity index (χ0n) is 12.0. The standard InChI is InChI=1S/C15H18N2O2S2/c1-17(2)21(18,19)13-8-9-15(14(16)10-13)20-11-12-6-4-3-5-7-12/h3-10H,11,16H2,1-2H3. The van der Waals surface area contributed by atoms with Gasteiger partial charge in [-0.3, -0.25) is 0 Å². The van der Waals surface area contributed by atoms with Crippen molar-refractivity contribution in [3.8, 4) is 0 Å². The maximum Gasteiger partial charge on any atom is 0.242 e. The average Bonchev–Trinajstić information content (AvgIpc) is 2.46. The summed E-state index contributed by atoms with van der Waals surface area (Å²) in [5, 5.41) is 0. The Balaban J connectivity index is 2.17. The van der Waals surface area contributed by atoms with E-state index in [1.807, 2.05) is 30.3 Å². The molecule has 0 atom stereocenters. The summed E-state index contributed by atoms with van der Waals surface area (Å²) in [4.78, 5) is 1.10. The molecule has 2 aromatic rings. The Morgan fingerprint density at radius 2 is 1.76 bits per heavy atom. The minimum Gasteiger partial charge on any atom is -0.398 e. The SMILES string of the molecule is CN(C)S(=O)(=O)c1ccc(SCc2ccccc2)c(N)c1. The van der Waals surface area contributed by atoms with E-state index >= 15 is 0 Å². The van der Waals surface area contributed by atoms with Gasteiger partial charge >= 0.3 is 0 Å². The Kier molecular flexibility index (Phi) is 4.92. The number of hydrogen-bond acceptors (Lipinski definition) is 4. The minimum atomic E-state index is -3.44. The van der Waals surface area contributed by atoms with Crippen LogP contribution in [0.25, 0.3) is 0 Å². The number of nitrogen functional groups attached to an aromatic ring is 1. The Morgan fingerprint density at radius 3 is 2.33 bits per heavy atom. The molecule has 0 saturated carbocycles. The molecule has 0 aliphatic rings. The highest BCUT2D eigenvalue weighted by atomic mass is 32.2. The lowest BCUT2D eigenvalue weighted by Gasteiger charge is -2.13. The molecule has 0 aliphatic carbocycles. The second-order valence-electron chi connectivity index (χ2n) is 4.76. The van der Waals surface area contributed by atoms with Crippen molar-refractivity contribution in [2.75, 3.05) is 19.8 Å². The molecule has 0 saturated heterocycles. The highest BCUT2D eigenvalue weighted by Crippen LogP contribution is 2.30. The largest absolute Gasteiger partial charge is 0.398 e. The summed E-state index contributed by atoms with van der Waals surface area (Å²) in [7, 11) is -0.432. The molecule has 0 unspecified atom stereocenters. The van der Waals surface area contributed by atoms with Crippen molar-refractivity contribution >= 4 is 27.5 Å². The quantitative estimate of drug-likeness (QED) is 0.679. The third-order valence-corrected chi connectivity index (χ3v) is 5.97. The number of benzene rings is 2. The van der Waals surface area contributed by atoms with Gasteiger partial charge in [0.2, 0.25) is 10.0 Å². The Labute approximate surface area is 130 Å². The lowest BCUT2D eigenvalue weighted by atomic mass is 10.2. The fourth-order valence-electron chi connectivity index (χ4n) is 1.76. The molecule has 0 amide bonds. The molecule has 112 valence electrons. The van der Waals surface area contributed by atoms with Gasteiger partial charge in [0, 0.05) is 30.4 Å². The Hall–Kier alpha value is -1.50. The molecular weight excluding hydrogens is 304 g/mol. The lowest BCUT2D eigenvalue weighted by molar-refractivity contribution is 0.520. The molecule has 4 nitrogen and oxygen atoms in total. The molecule has 2 aromatic carbocycles. The summed E-state index contributed by atoms with van der Waals surface area (Å²) in [6, 6.07) is 14.9. The first-order chi connectivity index (χ1) is 9.91. The van der Waals surface area contributed by atoms with Crippen LogP contribution in [0.3, 0.4) is 0 Å². The van der Waals surface area contributed by atoms with E-state index in [9.17, 15) is 8.42 Å². The minimum absolute atomic E-state index is 0.217. The van der Waals surface area contributed by atoms with Crippen molar-refractivity contribution in [1.29, 1.82) is 0 Å². The maximum absolute atomic E-state index is 12.0. The van der Waals surface area contributed by atoms with Gasteiger partial charge < -0.3 is 5.73 Å². The third-order valence-electron chi connectivity index (χ3n) is 3.00. The van der Waals surface area contributed by atoms with Gasteiger partial charge in [0.1, 0.15) is 0 Å². The normalized spacial score (nSPS) is 11.8. The van der Waals surface area contributed by atoms with E-state index in [0.29, 0.717) is 5.69 Å². The molecule has 21 heavy (non-hydrogen) atoms. The fraction of sp³-hybridized carbons (Fsp3) is 0.200. The third kappa shape index (κ3) is 3.78. The second kappa shape index (κ2) is 6.51. The molecule has 2 N–H and O–H groups in total. The van der Waals surface area contributed by atoms with Crippen LogP contribution in [0.4, 0.5) is 5.69 Å². The van der Waals surface area contributed by atoms with Crippen molar-refractivity contribution in [3.05, 3.63) is 54.1 Å². The van der Waals surface area contributed by atoms with Crippen molar-refractivity contribution in [3.63, 3.8) is 0 Å². The van der Waals surface area contributed by atoms with Crippen LogP contribution in [0.2, 0.25) is 0 Å². The first-order valence-corrected chi connectivity index (χ1v) is 8.82. The highest BCUT2D eigenvalue weighted by molar-refractivity contribution is 7.98. The summed E-state index contributed by atoms with van der Waals surface area (Å²) < 4.78 is 25.3. The van der Waals surface area contributed by atoms with E-state index in [0.717, 1.165) is 10.6 Å². The zero-order chi connectivity index (χ0) is 15.5. The molecular formula is C15H18N2O2S2. The van der Waals surface area contributed by atoms with Crippen LogP contribution < -0.4 is 5.73 Å². The van der Waals surface area contributed by atoms with Crippen LogP contribution in [-0.4, -0.2) is 26.8 Å². The van der Waals surface area contributed by atoms with Gasteiger partial charge in [-0.1, -0.05) is 30.3 Å². The number of nitrogens with two attached hydrogens (primary N) is 1. The van der Waals surface area contributed by atoms with Crippen LogP contribution in [0.1, 0.15) is 5.56 Å². The van der Waals surface area contributed by atoms with Gasteiger partial charge in [-0.15, -0.1) is 11.8 Å². The summed E-state index contributed by atoms with van der Waals surface area (Å²) in [5.74, 6) is 0.796. The van der Waals surface area contributed by atoms with Crippen LogP contribution in [0, 0.1) is 0 Å². The zero-order valence-corrected chi connectivity index (χ0v) is 13.6. The van der Waals surface area contributed by atoms with E-state index in [2.05, 4.69) is 0 Å². The van der Waals surface area contributed by atoms with Crippen molar-refractivity contribution < 1.29 is 8.42 Å². The number of rotatable bonds is 5. The van der Waals surface area contributed by atoms with Gasteiger partial charge in [0.15, 0.2) is 0 Å². The summed E-state index contributed by atoms with van der Waals surface area (Å²) >= 11 is 1.59. The monoisotopic (exact) mass is 322 g/mol. The van der Waals surface area contributed by atoms with Crippen LogP contribution in [0.5, 0.6) is 0 Å². The van der Waals surface area contributed by atoms with E-state index in [-0.39, 0.29) is 4.90 Å². The van der Waals surface area contributed by atoms with E-state index in [4.69, 9.17) is 5.73 Å². The topological polar surface area (TPSA) is 63.4 Å². The van der Waals surface area contributed by atoms with Gasteiger partial charge in [-0.2, -0.15) is 0 Å².